The molecule has 1 rings (SSSR count). The van der Waals surface area contributed by atoms with Gasteiger partial charge in [0.2, 0.25) is 0 Å². The van der Waals surface area contributed by atoms with Crippen molar-refractivity contribution in [3.63, 3.8) is 0 Å². The second-order valence-corrected chi connectivity index (χ2v) is 5.51. The fraction of sp³-hybridized carbons (Fsp3) is 0.857. The average molecular weight is 270 g/mol. The molecule has 0 aromatic rings. The predicted molar refractivity (Wildman–Crippen MR) is 74.9 cm³/mol. The summed E-state index contributed by atoms with van der Waals surface area (Å²) in [5, 5.41) is 14.6. The Balaban J connectivity index is 2.68. The molecule has 0 atom stereocenters. The molecule has 5 nitrogen and oxygen atoms in total. The normalized spacial score (nSPS) is 18.7. The molecule has 19 heavy (non-hydrogen) atoms. The first-order valence-corrected chi connectivity index (χ1v) is 7.20. The maximum atomic E-state index is 11.9. The van der Waals surface area contributed by atoms with Crippen LogP contribution in [0.25, 0.3) is 0 Å². The smallest absolute Gasteiger partial charge is 0.357 e. The minimum atomic E-state index is -1.11. The number of esters is 1. The quantitative estimate of drug-likeness (QED) is 0.320. The third kappa shape index (κ3) is 4.82. The number of hydrogen-bond donors (Lipinski definition) is 2. The zero-order chi connectivity index (χ0) is 14.3. The zero-order valence-corrected chi connectivity index (χ0v) is 12.2. The van der Waals surface area contributed by atoms with E-state index in [2.05, 4.69) is 24.4 Å². The Morgan fingerprint density at radius 1 is 1.42 bits per heavy atom. The molecule has 0 heterocycles. The highest BCUT2D eigenvalue weighted by molar-refractivity contribution is 6.39. The lowest BCUT2D eigenvalue weighted by Gasteiger charge is -2.22. The maximum absolute atomic E-state index is 11.9. The molecule has 1 aliphatic carbocycles. The van der Waals surface area contributed by atoms with Crippen molar-refractivity contribution in [2.45, 2.75) is 58.5 Å². The van der Waals surface area contributed by atoms with Crippen LogP contribution in [0.15, 0.2) is 5.10 Å². The topological polar surface area (TPSA) is 70.9 Å². The highest BCUT2D eigenvalue weighted by atomic mass is 16.5. The van der Waals surface area contributed by atoms with Gasteiger partial charge in [0.1, 0.15) is 5.60 Å². The van der Waals surface area contributed by atoms with Gasteiger partial charge in [-0.1, -0.05) is 26.7 Å². The van der Waals surface area contributed by atoms with Crippen LogP contribution >= 0.6 is 0 Å². The Bertz CT molecular complexity index is 321. The predicted octanol–water partition coefficient (Wildman–Crippen LogP) is 1.85. The van der Waals surface area contributed by atoms with Gasteiger partial charge >= 0.3 is 5.97 Å². The molecule has 1 saturated carbocycles. The monoisotopic (exact) mass is 270 g/mol. The van der Waals surface area contributed by atoms with Gasteiger partial charge in [-0.05, 0) is 32.1 Å². The number of hydrogen-bond acceptors (Lipinski definition) is 5. The molecule has 5 heteroatoms. The van der Waals surface area contributed by atoms with E-state index in [0.717, 1.165) is 19.3 Å². The molecule has 2 N–H and O–H groups in total. The van der Waals surface area contributed by atoms with Crippen LogP contribution in [0.2, 0.25) is 0 Å². The van der Waals surface area contributed by atoms with Crippen molar-refractivity contribution >= 4 is 11.7 Å². The number of carbonyl (C=O) groups is 1. The van der Waals surface area contributed by atoms with Crippen molar-refractivity contribution in [3.05, 3.63) is 0 Å². The van der Waals surface area contributed by atoms with Gasteiger partial charge < -0.3 is 15.3 Å². The van der Waals surface area contributed by atoms with Crippen LogP contribution in [0, 0.1) is 5.92 Å². The Morgan fingerprint density at radius 3 is 2.58 bits per heavy atom. The summed E-state index contributed by atoms with van der Waals surface area (Å²) in [6, 6.07) is 0. The van der Waals surface area contributed by atoms with E-state index in [1.165, 1.54) is 0 Å². The highest BCUT2D eigenvalue weighted by Crippen LogP contribution is 2.31. The molecular formula is C14H26N2O3. The Morgan fingerprint density at radius 2 is 2.05 bits per heavy atom. The van der Waals surface area contributed by atoms with Gasteiger partial charge in [-0.2, -0.15) is 5.10 Å². The lowest BCUT2D eigenvalue weighted by atomic mass is 9.96. The SMILES string of the molecule is CCOC(=O)C(=NNCCC(C)C)C1(O)CCCC1. The number of nitrogens with one attached hydrogen (secondary N) is 1. The van der Waals surface area contributed by atoms with Crippen molar-refractivity contribution in [3.8, 4) is 0 Å². The van der Waals surface area contributed by atoms with Crippen molar-refractivity contribution in [2.24, 2.45) is 11.0 Å². The molecule has 0 unspecified atom stereocenters. The van der Waals surface area contributed by atoms with E-state index in [-0.39, 0.29) is 5.71 Å². The van der Waals surface area contributed by atoms with Gasteiger partial charge in [0.15, 0.2) is 5.71 Å². The summed E-state index contributed by atoms with van der Waals surface area (Å²) in [5.41, 5.74) is 1.91. The Labute approximate surface area is 115 Å². The summed E-state index contributed by atoms with van der Waals surface area (Å²) in [5.74, 6) is 0.0623. The molecule has 0 aromatic carbocycles. The number of hydrazone groups is 1. The molecule has 1 fully saturated rings. The van der Waals surface area contributed by atoms with Gasteiger partial charge in [-0.25, -0.2) is 4.79 Å². The van der Waals surface area contributed by atoms with Gasteiger partial charge in [0.25, 0.3) is 0 Å². The molecule has 0 spiro atoms. The number of aliphatic hydroxyl groups is 1. The third-order valence-corrected chi connectivity index (χ3v) is 3.36. The fourth-order valence-corrected chi connectivity index (χ4v) is 2.22. The summed E-state index contributed by atoms with van der Waals surface area (Å²) in [4.78, 5) is 11.9. The van der Waals surface area contributed by atoms with Crippen LogP contribution < -0.4 is 5.43 Å². The fourth-order valence-electron chi connectivity index (χ4n) is 2.22. The molecule has 0 radical (unpaired) electrons. The number of rotatable bonds is 7. The molecule has 0 aromatic heterocycles. The summed E-state index contributed by atoms with van der Waals surface area (Å²) < 4.78 is 4.99. The van der Waals surface area contributed by atoms with Gasteiger partial charge in [-0.3, -0.25) is 0 Å². The molecule has 0 saturated heterocycles. The van der Waals surface area contributed by atoms with Crippen molar-refractivity contribution in [1.82, 2.24) is 5.43 Å². The minimum absolute atomic E-state index is 0.135. The van der Waals surface area contributed by atoms with Crippen molar-refractivity contribution in [1.29, 1.82) is 0 Å². The number of nitrogens with zero attached hydrogens (tertiary/aromatic N) is 1. The van der Waals surface area contributed by atoms with E-state index in [9.17, 15) is 9.90 Å². The van der Waals surface area contributed by atoms with E-state index >= 15 is 0 Å². The molecule has 0 amide bonds. The molecule has 0 aliphatic heterocycles. The van der Waals surface area contributed by atoms with Crippen molar-refractivity contribution in [2.75, 3.05) is 13.2 Å². The number of ether oxygens (including phenoxy) is 1. The first kappa shape index (κ1) is 16.0. The van der Waals surface area contributed by atoms with Crippen LogP contribution in [-0.2, 0) is 9.53 Å². The average Bonchev–Trinajstić information content (AvgIpc) is 2.76. The van der Waals surface area contributed by atoms with Gasteiger partial charge in [0, 0.05) is 6.54 Å². The summed E-state index contributed by atoms with van der Waals surface area (Å²) >= 11 is 0. The maximum Gasteiger partial charge on any atom is 0.357 e. The highest BCUT2D eigenvalue weighted by Gasteiger charge is 2.41. The van der Waals surface area contributed by atoms with Crippen LogP contribution in [0.4, 0.5) is 0 Å². The lowest BCUT2D eigenvalue weighted by Crippen LogP contribution is -2.43. The van der Waals surface area contributed by atoms with Gasteiger partial charge in [0.05, 0.1) is 6.61 Å². The molecular weight excluding hydrogens is 244 g/mol. The van der Waals surface area contributed by atoms with Crippen molar-refractivity contribution < 1.29 is 14.6 Å². The summed E-state index contributed by atoms with van der Waals surface area (Å²) in [7, 11) is 0. The summed E-state index contributed by atoms with van der Waals surface area (Å²) in [6.45, 7) is 6.99. The molecule has 1 aliphatic rings. The van der Waals surface area contributed by atoms with E-state index in [0.29, 0.717) is 31.9 Å². The van der Waals surface area contributed by atoms with Crippen LogP contribution in [-0.4, -0.2) is 35.5 Å². The first-order chi connectivity index (χ1) is 8.99. The lowest BCUT2D eigenvalue weighted by molar-refractivity contribution is -0.136. The Kier molecular flexibility index (Phi) is 6.28. The second-order valence-electron chi connectivity index (χ2n) is 5.51. The van der Waals surface area contributed by atoms with Crippen LogP contribution in [0.3, 0.4) is 0 Å². The van der Waals surface area contributed by atoms with E-state index in [1.807, 2.05) is 0 Å². The van der Waals surface area contributed by atoms with Crippen LogP contribution in [0.1, 0.15) is 52.9 Å². The first-order valence-electron chi connectivity index (χ1n) is 7.20. The van der Waals surface area contributed by atoms with Gasteiger partial charge in [-0.15, -0.1) is 0 Å². The molecule has 110 valence electrons. The van der Waals surface area contributed by atoms with E-state index in [1.54, 1.807) is 6.92 Å². The summed E-state index contributed by atoms with van der Waals surface area (Å²) in [6.07, 6.45) is 3.97. The number of carbonyl (C=O) groups excluding carboxylic acids is 1. The Hall–Kier alpha value is -1.10. The van der Waals surface area contributed by atoms with E-state index in [4.69, 9.17) is 4.74 Å². The second kappa shape index (κ2) is 7.48. The van der Waals surface area contributed by atoms with Crippen LogP contribution in [0.5, 0.6) is 0 Å². The molecule has 0 bridgehead atoms. The largest absolute Gasteiger partial charge is 0.461 e. The third-order valence-electron chi connectivity index (χ3n) is 3.36. The standard InChI is InChI=1S/C14H26N2O3/c1-4-19-13(17)12(14(18)8-5-6-9-14)16-15-10-7-11(2)3/h11,15,18H,4-10H2,1-3H3. The zero-order valence-electron chi connectivity index (χ0n) is 12.2. The minimum Gasteiger partial charge on any atom is -0.461 e. The van der Waals surface area contributed by atoms with E-state index < -0.39 is 11.6 Å².